The Bertz CT molecular complexity index is 609. The van der Waals surface area contributed by atoms with Crippen molar-refractivity contribution in [1.82, 2.24) is 4.98 Å². The van der Waals surface area contributed by atoms with Crippen molar-refractivity contribution in [3.63, 3.8) is 0 Å². The molecule has 104 valence electrons. The van der Waals surface area contributed by atoms with E-state index in [2.05, 4.69) is 26.2 Å². The molecule has 0 atom stereocenters. The lowest BCUT2D eigenvalue weighted by Crippen LogP contribution is -2.12. The zero-order valence-electron chi connectivity index (χ0n) is 11.0. The van der Waals surface area contributed by atoms with Gasteiger partial charge < -0.3 is 14.8 Å². The van der Waals surface area contributed by atoms with Gasteiger partial charge >= 0.3 is 0 Å². The molecular weight excluding hydrogens is 324 g/mol. The number of methoxy groups -OCH3 is 2. The van der Waals surface area contributed by atoms with Crippen LogP contribution in [0.1, 0.15) is 10.4 Å². The molecule has 1 amide bonds. The summed E-state index contributed by atoms with van der Waals surface area (Å²) in [5, 5.41) is 2.78. The van der Waals surface area contributed by atoms with Gasteiger partial charge in [0.15, 0.2) is 0 Å². The Morgan fingerprint density at radius 2 is 1.75 bits per heavy atom. The molecule has 0 bridgehead atoms. The van der Waals surface area contributed by atoms with E-state index in [-0.39, 0.29) is 5.91 Å². The second-order valence-electron chi connectivity index (χ2n) is 3.95. The van der Waals surface area contributed by atoms with Gasteiger partial charge in [-0.2, -0.15) is 0 Å². The molecule has 0 aliphatic carbocycles. The predicted octanol–water partition coefficient (Wildman–Crippen LogP) is 3.11. The van der Waals surface area contributed by atoms with Crippen LogP contribution in [0.2, 0.25) is 0 Å². The van der Waals surface area contributed by atoms with Gasteiger partial charge in [-0.25, -0.2) is 0 Å². The Balaban J connectivity index is 2.23. The summed E-state index contributed by atoms with van der Waals surface area (Å²) in [5.41, 5.74) is 1.05. The van der Waals surface area contributed by atoms with Crippen LogP contribution in [0.4, 0.5) is 5.69 Å². The second kappa shape index (κ2) is 6.38. The van der Waals surface area contributed by atoms with Crippen LogP contribution in [-0.2, 0) is 0 Å². The van der Waals surface area contributed by atoms with Crippen LogP contribution < -0.4 is 14.8 Å². The molecule has 6 heteroatoms. The minimum Gasteiger partial charge on any atom is -0.497 e. The summed E-state index contributed by atoms with van der Waals surface area (Å²) in [6, 6.07) is 6.85. The third-order valence-electron chi connectivity index (χ3n) is 2.58. The van der Waals surface area contributed by atoms with Crippen LogP contribution >= 0.6 is 15.9 Å². The molecule has 2 rings (SSSR count). The molecule has 1 aromatic carbocycles. The molecule has 0 aliphatic rings. The first-order valence-electron chi connectivity index (χ1n) is 5.77. The number of aromatic nitrogens is 1. The first-order valence-corrected chi connectivity index (χ1v) is 6.56. The largest absolute Gasteiger partial charge is 0.497 e. The number of rotatable bonds is 4. The van der Waals surface area contributed by atoms with E-state index in [1.165, 1.54) is 6.20 Å². The summed E-state index contributed by atoms with van der Waals surface area (Å²) in [7, 11) is 3.11. The monoisotopic (exact) mass is 336 g/mol. The summed E-state index contributed by atoms with van der Waals surface area (Å²) < 4.78 is 11.0. The fourth-order valence-electron chi connectivity index (χ4n) is 1.62. The Morgan fingerprint density at radius 3 is 2.30 bits per heavy atom. The van der Waals surface area contributed by atoms with Gasteiger partial charge in [0.1, 0.15) is 11.5 Å². The highest BCUT2D eigenvalue weighted by molar-refractivity contribution is 9.10. The maximum Gasteiger partial charge on any atom is 0.257 e. The molecule has 2 aromatic rings. The molecule has 1 N–H and O–H groups in total. The number of carbonyl (C=O) groups excluding carboxylic acids is 1. The zero-order valence-corrected chi connectivity index (χ0v) is 12.6. The van der Waals surface area contributed by atoms with Crippen LogP contribution in [0.5, 0.6) is 11.5 Å². The minimum atomic E-state index is -0.255. The van der Waals surface area contributed by atoms with E-state index < -0.39 is 0 Å². The molecule has 0 saturated heterocycles. The molecule has 20 heavy (non-hydrogen) atoms. The Kier molecular flexibility index (Phi) is 4.57. The summed E-state index contributed by atoms with van der Waals surface area (Å²) >= 11 is 3.28. The number of anilines is 1. The highest BCUT2D eigenvalue weighted by Gasteiger charge is 2.09. The van der Waals surface area contributed by atoms with Gasteiger partial charge in [0.05, 0.1) is 19.8 Å². The number of halogens is 1. The smallest absolute Gasteiger partial charge is 0.257 e. The van der Waals surface area contributed by atoms with Crippen LogP contribution in [0.25, 0.3) is 0 Å². The normalized spacial score (nSPS) is 9.95. The van der Waals surface area contributed by atoms with E-state index in [9.17, 15) is 4.79 Å². The molecule has 0 saturated carbocycles. The van der Waals surface area contributed by atoms with Crippen LogP contribution in [-0.4, -0.2) is 25.1 Å². The van der Waals surface area contributed by atoms with Gasteiger partial charge in [-0.3, -0.25) is 9.78 Å². The molecule has 1 aromatic heterocycles. The van der Waals surface area contributed by atoms with Gasteiger partial charge in [0, 0.05) is 40.8 Å². The number of ether oxygens (including phenoxy) is 2. The fourth-order valence-corrected chi connectivity index (χ4v) is 1.98. The molecule has 0 radical (unpaired) electrons. The zero-order chi connectivity index (χ0) is 14.5. The predicted molar refractivity (Wildman–Crippen MR) is 79.4 cm³/mol. The van der Waals surface area contributed by atoms with Crippen molar-refractivity contribution in [3.8, 4) is 11.5 Å². The molecule has 0 aliphatic heterocycles. The lowest BCUT2D eigenvalue weighted by atomic mass is 10.2. The van der Waals surface area contributed by atoms with E-state index in [4.69, 9.17) is 9.47 Å². The summed E-state index contributed by atoms with van der Waals surface area (Å²) in [5.74, 6) is 0.952. The number of nitrogens with zero attached hydrogens (tertiary/aromatic N) is 1. The Labute approximate surface area is 125 Å². The first kappa shape index (κ1) is 14.3. The summed E-state index contributed by atoms with van der Waals surface area (Å²) in [4.78, 5) is 16.1. The molecular formula is C14H13BrN2O3. The number of hydrogen-bond donors (Lipinski definition) is 1. The third-order valence-corrected chi connectivity index (χ3v) is 3.01. The average molecular weight is 337 g/mol. The molecule has 0 fully saturated rings. The van der Waals surface area contributed by atoms with Gasteiger partial charge in [0.2, 0.25) is 0 Å². The molecule has 1 heterocycles. The summed E-state index contributed by atoms with van der Waals surface area (Å²) in [6.45, 7) is 0. The SMILES string of the molecule is COc1cc(NC(=O)c2cncc(Br)c2)cc(OC)c1. The van der Waals surface area contributed by atoms with Gasteiger partial charge in [0.25, 0.3) is 5.91 Å². The van der Waals surface area contributed by atoms with Crippen molar-refractivity contribution in [2.75, 3.05) is 19.5 Å². The third kappa shape index (κ3) is 3.48. The van der Waals surface area contributed by atoms with Crippen LogP contribution in [0.15, 0.2) is 41.1 Å². The van der Waals surface area contributed by atoms with Crippen molar-refractivity contribution in [2.24, 2.45) is 0 Å². The van der Waals surface area contributed by atoms with E-state index in [0.717, 1.165) is 4.47 Å². The number of amides is 1. The number of carbonyl (C=O) groups is 1. The lowest BCUT2D eigenvalue weighted by Gasteiger charge is -2.09. The lowest BCUT2D eigenvalue weighted by molar-refractivity contribution is 0.102. The Morgan fingerprint density at radius 1 is 1.10 bits per heavy atom. The Hall–Kier alpha value is -2.08. The highest BCUT2D eigenvalue weighted by Crippen LogP contribution is 2.26. The van der Waals surface area contributed by atoms with E-state index >= 15 is 0 Å². The first-order chi connectivity index (χ1) is 9.62. The van der Waals surface area contributed by atoms with Gasteiger partial charge in [-0.05, 0) is 22.0 Å². The topological polar surface area (TPSA) is 60.5 Å². The summed E-state index contributed by atoms with van der Waals surface area (Å²) in [6.07, 6.45) is 3.11. The van der Waals surface area contributed by atoms with Crippen LogP contribution in [0, 0.1) is 0 Å². The van der Waals surface area contributed by atoms with E-state index in [0.29, 0.717) is 22.7 Å². The molecule has 0 spiro atoms. The van der Waals surface area contributed by atoms with Crippen molar-refractivity contribution in [1.29, 1.82) is 0 Å². The van der Waals surface area contributed by atoms with E-state index in [1.54, 1.807) is 44.7 Å². The van der Waals surface area contributed by atoms with Gasteiger partial charge in [-0.15, -0.1) is 0 Å². The second-order valence-corrected chi connectivity index (χ2v) is 4.86. The maximum absolute atomic E-state index is 12.1. The standard InChI is InChI=1S/C14H13BrN2O3/c1-19-12-4-11(5-13(6-12)20-2)17-14(18)9-3-10(15)8-16-7-9/h3-8H,1-2H3,(H,17,18). The van der Waals surface area contributed by atoms with Gasteiger partial charge in [-0.1, -0.05) is 0 Å². The highest BCUT2D eigenvalue weighted by atomic mass is 79.9. The number of hydrogen-bond acceptors (Lipinski definition) is 4. The number of nitrogens with one attached hydrogen (secondary N) is 1. The van der Waals surface area contributed by atoms with Crippen molar-refractivity contribution >= 4 is 27.5 Å². The van der Waals surface area contributed by atoms with E-state index in [1.807, 2.05) is 0 Å². The minimum absolute atomic E-state index is 0.255. The molecule has 5 nitrogen and oxygen atoms in total. The quantitative estimate of drug-likeness (QED) is 0.931. The average Bonchev–Trinajstić information content (AvgIpc) is 2.46. The van der Waals surface area contributed by atoms with Crippen molar-refractivity contribution in [3.05, 3.63) is 46.7 Å². The maximum atomic E-state index is 12.1. The van der Waals surface area contributed by atoms with Crippen molar-refractivity contribution in [2.45, 2.75) is 0 Å². The molecule has 0 unspecified atom stereocenters. The number of pyridine rings is 1. The fraction of sp³-hybridized carbons (Fsp3) is 0.143. The number of benzene rings is 1. The van der Waals surface area contributed by atoms with Crippen molar-refractivity contribution < 1.29 is 14.3 Å². The van der Waals surface area contributed by atoms with Crippen LogP contribution in [0.3, 0.4) is 0 Å².